The van der Waals surface area contributed by atoms with Crippen LogP contribution in [-0.2, 0) is 9.59 Å². The number of carboxylic acid groups (broad SMARTS) is 3. The van der Waals surface area contributed by atoms with E-state index < -0.39 is 31.1 Å². The lowest BCUT2D eigenvalue weighted by Gasteiger charge is -2.08. The number of hydrogen-bond acceptors (Lipinski definition) is 5. The summed E-state index contributed by atoms with van der Waals surface area (Å²) in [5, 5.41) is 25.7. The van der Waals surface area contributed by atoms with Crippen molar-refractivity contribution in [3.63, 3.8) is 0 Å². The summed E-state index contributed by atoms with van der Waals surface area (Å²) in [6.45, 7) is -1.30. The lowest BCUT2D eigenvalue weighted by molar-refractivity contribution is -0.140. The molecule has 0 saturated heterocycles. The Bertz CT molecular complexity index is 471. The Labute approximate surface area is 106 Å². The van der Waals surface area contributed by atoms with Crippen LogP contribution in [0.25, 0.3) is 0 Å². The highest BCUT2D eigenvalue weighted by Crippen LogP contribution is 2.23. The van der Waals surface area contributed by atoms with Gasteiger partial charge in [0.25, 0.3) is 0 Å². The standard InChI is InChI=1S/C11H10O8/c12-9(13)4-18-7-1-6(11(16)17)2-8(3-7)19-5-10(14)15/h1-3H,4-5H2,(H,12,13)(H,14,15)(H,16,17). The van der Waals surface area contributed by atoms with Crippen molar-refractivity contribution in [1.29, 1.82) is 0 Å². The van der Waals surface area contributed by atoms with E-state index in [9.17, 15) is 14.4 Å². The lowest BCUT2D eigenvalue weighted by Crippen LogP contribution is -2.12. The van der Waals surface area contributed by atoms with Gasteiger partial charge in [0.2, 0.25) is 0 Å². The van der Waals surface area contributed by atoms with Crippen LogP contribution in [-0.4, -0.2) is 46.4 Å². The molecule has 3 N–H and O–H groups in total. The average molecular weight is 270 g/mol. The van der Waals surface area contributed by atoms with Gasteiger partial charge in [0.05, 0.1) is 5.56 Å². The van der Waals surface area contributed by atoms with Crippen LogP contribution in [0.1, 0.15) is 10.4 Å². The predicted molar refractivity (Wildman–Crippen MR) is 59.7 cm³/mol. The van der Waals surface area contributed by atoms with Crippen molar-refractivity contribution in [2.75, 3.05) is 13.2 Å². The van der Waals surface area contributed by atoms with Gasteiger partial charge in [0.1, 0.15) is 11.5 Å². The molecule has 1 aromatic carbocycles. The Kier molecular flexibility index (Phi) is 4.69. The number of rotatable bonds is 7. The smallest absolute Gasteiger partial charge is 0.341 e. The van der Waals surface area contributed by atoms with Gasteiger partial charge in [-0.05, 0) is 12.1 Å². The first-order valence-corrected chi connectivity index (χ1v) is 4.96. The molecule has 0 saturated carbocycles. The van der Waals surface area contributed by atoms with Crippen LogP contribution in [0.15, 0.2) is 18.2 Å². The first-order chi connectivity index (χ1) is 8.88. The molecule has 0 aliphatic rings. The molecule has 1 rings (SSSR count). The minimum absolute atomic E-state index is 0.0392. The van der Waals surface area contributed by atoms with Gasteiger partial charge < -0.3 is 24.8 Å². The fraction of sp³-hybridized carbons (Fsp3) is 0.182. The second-order valence-electron chi connectivity index (χ2n) is 3.36. The summed E-state index contributed by atoms with van der Waals surface area (Å²) in [4.78, 5) is 31.5. The van der Waals surface area contributed by atoms with Crippen LogP contribution in [0.5, 0.6) is 11.5 Å². The second kappa shape index (κ2) is 6.24. The van der Waals surface area contributed by atoms with E-state index in [0.717, 1.165) is 12.1 Å². The van der Waals surface area contributed by atoms with E-state index in [1.807, 2.05) is 0 Å². The van der Waals surface area contributed by atoms with E-state index in [-0.39, 0.29) is 17.1 Å². The highest BCUT2D eigenvalue weighted by Gasteiger charge is 2.10. The fourth-order valence-corrected chi connectivity index (χ4v) is 1.15. The van der Waals surface area contributed by atoms with Crippen LogP contribution >= 0.6 is 0 Å². The molecule has 0 fully saturated rings. The van der Waals surface area contributed by atoms with Crippen molar-refractivity contribution >= 4 is 17.9 Å². The van der Waals surface area contributed by atoms with Crippen LogP contribution < -0.4 is 9.47 Å². The fourth-order valence-electron chi connectivity index (χ4n) is 1.15. The highest BCUT2D eigenvalue weighted by atomic mass is 16.5. The third-order valence-corrected chi connectivity index (χ3v) is 1.85. The number of carbonyl (C=O) groups is 3. The van der Waals surface area contributed by atoms with E-state index in [1.165, 1.54) is 6.07 Å². The molecule has 8 nitrogen and oxygen atoms in total. The topological polar surface area (TPSA) is 130 Å². The average Bonchev–Trinajstić information content (AvgIpc) is 2.33. The van der Waals surface area contributed by atoms with Crippen molar-refractivity contribution in [3.05, 3.63) is 23.8 Å². The lowest BCUT2D eigenvalue weighted by atomic mass is 10.2. The largest absolute Gasteiger partial charge is 0.482 e. The van der Waals surface area contributed by atoms with Crippen molar-refractivity contribution in [1.82, 2.24) is 0 Å². The zero-order valence-corrected chi connectivity index (χ0v) is 9.53. The van der Waals surface area contributed by atoms with Gasteiger partial charge in [0, 0.05) is 6.07 Å². The monoisotopic (exact) mass is 270 g/mol. The van der Waals surface area contributed by atoms with Gasteiger partial charge in [-0.25, -0.2) is 14.4 Å². The summed E-state index contributed by atoms with van der Waals surface area (Å²) >= 11 is 0. The van der Waals surface area contributed by atoms with Gasteiger partial charge >= 0.3 is 17.9 Å². The van der Waals surface area contributed by atoms with Crippen LogP contribution in [0.3, 0.4) is 0 Å². The maximum atomic E-state index is 10.8. The highest BCUT2D eigenvalue weighted by molar-refractivity contribution is 5.88. The van der Waals surface area contributed by atoms with E-state index >= 15 is 0 Å². The Hall–Kier alpha value is -2.77. The molecule has 0 atom stereocenters. The Balaban J connectivity index is 2.93. The SMILES string of the molecule is O=C(O)COc1cc(OCC(=O)O)cc(C(=O)O)c1. The van der Waals surface area contributed by atoms with Gasteiger partial charge in [-0.15, -0.1) is 0 Å². The maximum absolute atomic E-state index is 10.8. The third-order valence-electron chi connectivity index (χ3n) is 1.85. The van der Waals surface area contributed by atoms with Crippen LogP contribution in [0, 0.1) is 0 Å². The normalized spacial score (nSPS) is 9.68. The van der Waals surface area contributed by atoms with Crippen molar-refractivity contribution < 1.29 is 39.2 Å². The number of ether oxygens (including phenoxy) is 2. The van der Waals surface area contributed by atoms with Crippen LogP contribution in [0.4, 0.5) is 0 Å². The molecule has 0 aliphatic carbocycles. The molecular weight excluding hydrogens is 260 g/mol. The number of hydrogen-bond donors (Lipinski definition) is 3. The Morgan fingerprint density at radius 3 is 1.58 bits per heavy atom. The maximum Gasteiger partial charge on any atom is 0.341 e. The summed E-state index contributed by atoms with van der Waals surface area (Å²) in [5.74, 6) is -3.81. The van der Waals surface area contributed by atoms with Crippen molar-refractivity contribution in [3.8, 4) is 11.5 Å². The summed E-state index contributed by atoms with van der Waals surface area (Å²) in [6, 6.07) is 3.43. The molecule has 0 amide bonds. The number of aromatic carboxylic acids is 1. The molecular formula is C11H10O8. The number of aliphatic carboxylic acids is 2. The van der Waals surface area contributed by atoms with E-state index in [0.29, 0.717) is 0 Å². The van der Waals surface area contributed by atoms with Gasteiger partial charge in [0.15, 0.2) is 13.2 Å². The first-order valence-electron chi connectivity index (χ1n) is 4.96. The number of carboxylic acids is 3. The Morgan fingerprint density at radius 2 is 1.26 bits per heavy atom. The van der Waals surface area contributed by atoms with E-state index in [4.69, 9.17) is 24.8 Å². The van der Waals surface area contributed by atoms with Crippen LogP contribution in [0.2, 0.25) is 0 Å². The molecule has 0 aromatic heterocycles. The van der Waals surface area contributed by atoms with Gasteiger partial charge in [-0.1, -0.05) is 0 Å². The molecule has 8 heteroatoms. The Morgan fingerprint density at radius 1 is 0.842 bits per heavy atom. The molecule has 0 heterocycles. The van der Waals surface area contributed by atoms with Gasteiger partial charge in [-0.3, -0.25) is 0 Å². The molecule has 1 aromatic rings. The molecule has 102 valence electrons. The predicted octanol–water partition coefficient (Wildman–Crippen LogP) is 0.312. The molecule has 0 bridgehead atoms. The summed E-state index contributed by atoms with van der Waals surface area (Å²) in [5.41, 5.74) is -0.205. The molecule has 0 radical (unpaired) electrons. The summed E-state index contributed by atoms with van der Waals surface area (Å²) < 4.78 is 9.63. The second-order valence-corrected chi connectivity index (χ2v) is 3.36. The summed E-state index contributed by atoms with van der Waals surface area (Å²) in [7, 11) is 0. The van der Waals surface area contributed by atoms with Crippen molar-refractivity contribution in [2.24, 2.45) is 0 Å². The third kappa shape index (κ3) is 4.94. The molecule has 19 heavy (non-hydrogen) atoms. The minimum Gasteiger partial charge on any atom is -0.482 e. The zero-order valence-electron chi connectivity index (χ0n) is 9.53. The van der Waals surface area contributed by atoms with Gasteiger partial charge in [-0.2, -0.15) is 0 Å². The van der Waals surface area contributed by atoms with E-state index in [1.54, 1.807) is 0 Å². The minimum atomic E-state index is -1.28. The quantitative estimate of drug-likeness (QED) is 0.645. The van der Waals surface area contributed by atoms with E-state index in [2.05, 4.69) is 0 Å². The molecule has 0 unspecified atom stereocenters. The number of benzene rings is 1. The first kappa shape index (κ1) is 14.3. The molecule has 0 spiro atoms. The summed E-state index contributed by atoms with van der Waals surface area (Å²) in [6.07, 6.45) is 0. The van der Waals surface area contributed by atoms with Crippen molar-refractivity contribution in [2.45, 2.75) is 0 Å². The zero-order chi connectivity index (χ0) is 14.4. The molecule has 0 aliphatic heterocycles.